The van der Waals surface area contributed by atoms with E-state index in [0.717, 1.165) is 22.9 Å². The fourth-order valence-electron chi connectivity index (χ4n) is 1.74. The second-order valence-electron chi connectivity index (χ2n) is 4.86. The molecule has 1 fully saturated rings. The van der Waals surface area contributed by atoms with Crippen molar-refractivity contribution in [2.45, 2.75) is 43.7 Å². The van der Waals surface area contributed by atoms with Gasteiger partial charge in [0.2, 0.25) is 5.13 Å². The van der Waals surface area contributed by atoms with Crippen LogP contribution in [0.4, 0.5) is 5.13 Å². The quantitative estimate of drug-likeness (QED) is 0.804. The first-order valence-electron chi connectivity index (χ1n) is 6.73. The van der Waals surface area contributed by atoms with Gasteiger partial charge >= 0.3 is 0 Å². The molecule has 0 spiro atoms. The van der Waals surface area contributed by atoms with Crippen LogP contribution in [-0.4, -0.2) is 24.7 Å². The zero-order chi connectivity index (χ0) is 14.9. The highest BCUT2D eigenvalue weighted by atomic mass is 32.2. The number of hydrogen-bond acceptors (Lipinski definition) is 7. The Labute approximate surface area is 131 Å². The molecule has 21 heavy (non-hydrogen) atoms. The molecule has 1 aliphatic carbocycles. The van der Waals surface area contributed by atoms with E-state index >= 15 is 0 Å². The molecule has 2 heterocycles. The summed E-state index contributed by atoms with van der Waals surface area (Å²) in [4.78, 5) is 1.31. The number of aromatic nitrogens is 2. The molecule has 1 saturated carbocycles. The Morgan fingerprint density at radius 1 is 1.38 bits per heavy atom. The highest BCUT2D eigenvalue weighted by Crippen LogP contribution is 2.25. The summed E-state index contributed by atoms with van der Waals surface area (Å²) in [5.74, 6) is 0. The molecule has 6 nitrogen and oxygen atoms in total. The van der Waals surface area contributed by atoms with E-state index in [0.29, 0.717) is 11.2 Å². The Morgan fingerprint density at radius 3 is 2.86 bits per heavy atom. The third kappa shape index (κ3) is 3.79. The molecule has 0 unspecified atom stereocenters. The fourth-order valence-corrected chi connectivity index (χ4v) is 4.87. The smallest absolute Gasteiger partial charge is 0.264 e. The first kappa shape index (κ1) is 14.9. The molecule has 2 aromatic rings. The topological polar surface area (TPSA) is 84.0 Å². The predicted molar refractivity (Wildman–Crippen MR) is 84.3 cm³/mol. The Morgan fingerprint density at radius 2 is 2.19 bits per heavy atom. The van der Waals surface area contributed by atoms with E-state index in [1.807, 2.05) is 6.92 Å². The minimum atomic E-state index is -3.57. The molecule has 2 N–H and O–H groups in total. The third-order valence-electron chi connectivity index (χ3n) is 3.07. The zero-order valence-corrected chi connectivity index (χ0v) is 13.9. The summed E-state index contributed by atoms with van der Waals surface area (Å²) in [6.45, 7) is 2.68. The van der Waals surface area contributed by atoms with Crippen molar-refractivity contribution >= 4 is 37.8 Å². The SMILES string of the molecule is CCc1nnc(NS(=O)(=O)c2csc(CNC3CC3)c2)s1. The molecule has 0 atom stereocenters. The molecule has 0 bridgehead atoms. The first-order chi connectivity index (χ1) is 10.1. The van der Waals surface area contributed by atoms with Gasteiger partial charge in [0.1, 0.15) is 5.01 Å². The van der Waals surface area contributed by atoms with Crippen molar-refractivity contribution in [1.82, 2.24) is 15.5 Å². The van der Waals surface area contributed by atoms with Crippen LogP contribution in [0, 0.1) is 0 Å². The summed E-state index contributed by atoms with van der Waals surface area (Å²) in [6, 6.07) is 2.32. The molecule has 0 saturated heterocycles. The number of thiophene rings is 1. The van der Waals surface area contributed by atoms with Gasteiger partial charge in [-0.1, -0.05) is 18.3 Å². The minimum absolute atomic E-state index is 0.286. The van der Waals surface area contributed by atoms with Crippen LogP contribution in [0.3, 0.4) is 0 Å². The van der Waals surface area contributed by atoms with E-state index in [4.69, 9.17) is 0 Å². The van der Waals surface area contributed by atoms with Gasteiger partial charge in [0, 0.05) is 22.8 Å². The van der Waals surface area contributed by atoms with Crippen LogP contribution in [0.25, 0.3) is 0 Å². The lowest BCUT2D eigenvalue weighted by atomic mass is 10.4. The third-order valence-corrected chi connectivity index (χ3v) is 6.59. The number of anilines is 1. The molecular weight excluding hydrogens is 328 g/mol. The molecule has 0 aliphatic heterocycles. The van der Waals surface area contributed by atoms with Gasteiger partial charge < -0.3 is 5.32 Å². The van der Waals surface area contributed by atoms with Crippen molar-refractivity contribution in [1.29, 1.82) is 0 Å². The number of aryl methyl sites for hydroxylation is 1. The molecule has 0 aromatic carbocycles. The average molecular weight is 344 g/mol. The van der Waals surface area contributed by atoms with Crippen molar-refractivity contribution in [3.8, 4) is 0 Å². The highest BCUT2D eigenvalue weighted by molar-refractivity contribution is 7.93. The van der Waals surface area contributed by atoms with Gasteiger partial charge in [-0.2, -0.15) is 0 Å². The average Bonchev–Trinajstić information content (AvgIpc) is 2.98. The Kier molecular flexibility index (Phi) is 4.25. The maximum absolute atomic E-state index is 12.3. The second kappa shape index (κ2) is 5.99. The maximum atomic E-state index is 12.3. The number of rotatable bonds is 7. The molecule has 0 radical (unpaired) electrons. The predicted octanol–water partition coefficient (Wildman–Crippen LogP) is 2.21. The monoisotopic (exact) mass is 344 g/mol. The van der Waals surface area contributed by atoms with Crippen molar-refractivity contribution in [2.75, 3.05) is 4.72 Å². The van der Waals surface area contributed by atoms with Crippen molar-refractivity contribution in [3.05, 3.63) is 21.3 Å². The first-order valence-corrected chi connectivity index (χ1v) is 9.91. The number of sulfonamides is 1. The second-order valence-corrected chi connectivity index (χ2v) is 8.60. The van der Waals surface area contributed by atoms with Gasteiger partial charge in [-0.15, -0.1) is 21.5 Å². The van der Waals surface area contributed by atoms with E-state index in [9.17, 15) is 8.42 Å². The van der Waals surface area contributed by atoms with Crippen LogP contribution >= 0.6 is 22.7 Å². The van der Waals surface area contributed by atoms with Gasteiger partial charge in [-0.05, 0) is 25.3 Å². The van der Waals surface area contributed by atoms with Crippen LogP contribution in [-0.2, 0) is 23.0 Å². The van der Waals surface area contributed by atoms with Gasteiger partial charge in [0.25, 0.3) is 10.0 Å². The number of nitrogens with one attached hydrogen (secondary N) is 2. The minimum Gasteiger partial charge on any atom is -0.309 e. The highest BCUT2D eigenvalue weighted by Gasteiger charge is 2.22. The summed E-state index contributed by atoms with van der Waals surface area (Å²) in [5.41, 5.74) is 0. The molecule has 114 valence electrons. The normalized spacial score (nSPS) is 15.3. The van der Waals surface area contributed by atoms with Crippen molar-refractivity contribution < 1.29 is 8.42 Å². The summed E-state index contributed by atoms with van der Waals surface area (Å²) in [7, 11) is -3.57. The van der Waals surface area contributed by atoms with Gasteiger partial charge in [0.15, 0.2) is 0 Å². The lowest BCUT2D eigenvalue weighted by Crippen LogP contribution is -2.14. The number of hydrogen-bond donors (Lipinski definition) is 2. The Bertz CT molecular complexity index is 718. The molecule has 1 aliphatic rings. The lowest BCUT2D eigenvalue weighted by molar-refractivity contribution is 0.601. The van der Waals surface area contributed by atoms with Gasteiger partial charge in [-0.3, -0.25) is 4.72 Å². The van der Waals surface area contributed by atoms with Gasteiger partial charge in [0.05, 0.1) is 4.90 Å². The Balaban J connectivity index is 1.68. The largest absolute Gasteiger partial charge is 0.309 e. The molecular formula is C12H16N4O2S3. The van der Waals surface area contributed by atoms with E-state index in [-0.39, 0.29) is 4.90 Å². The van der Waals surface area contributed by atoms with Crippen molar-refractivity contribution in [2.24, 2.45) is 0 Å². The van der Waals surface area contributed by atoms with Crippen molar-refractivity contribution in [3.63, 3.8) is 0 Å². The van der Waals surface area contributed by atoms with Crippen LogP contribution in [0.5, 0.6) is 0 Å². The Hall–Kier alpha value is -1.03. The summed E-state index contributed by atoms with van der Waals surface area (Å²) in [6.07, 6.45) is 3.18. The van der Waals surface area contributed by atoms with E-state index in [2.05, 4.69) is 20.2 Å². The molecule has 0 amide bonds. The molecule has 2 aromatic heterocycles. The maximum Gasteiger partial charge on any atom is 0.264 e. The summed E-state index contributed by atoms with van der Waals surface area (Å²) < 4.78 is 27.0. The molecule has 3 rings (SSSR count). The summed E-state index contributed by atoms with van der Waals surface area (Å²) in [5, 5.41) is 13.9. The summed E-state index contributed by atoms with van der Waals surface area (Å²) >= 11 is 2.71. The van der Waals surface area contributed by atoms with Gasteiger partial charge in [-0.25, -0.2) is 8.42 Å². The van der Waals surface area contributed by atoms with Crippen LogP contribution in [0.15, 0.2) is 16.3 Å². The van der Waals surface area contributed by atoms with E-state index < -0.39 is 10.0 Å². The zero-order valence-electron chi connectivity index (χ0n) is 11.5. The van der Waals surface area contributed by atoms with Crippen LogP contribution in [0.1, 0.15) is 29.7 Å². The fraction of sp³-hybridized carbons (Fsp3) is 0.500. The number of nitrogens with zero attached hydrogens (tertiary/aromatic N) is 2. The van der Waals surface area contributed by atoms with Crippen LogP contribution in [0.2, 0.25) is 0 Å². The molecule has 9 heteroatoms. The van der Waals surface area contributed by atoms with E-state index in [1.54, 1.807) is 11.4 Å². The van der Waals surface area contributed by atoms with E-state index in [1.165, 1.54) is 35.5 Å². The lowest BCUT2D eigenvalue weighted by Gasteiger charge is -2.01. The van der Waals surface area contributed by atoms with Crippen LogP contribution < -0.4 is 10.0 Å². The standard InChI is InChI=1S/C12H16N4O2S3/c1-2-11-14-15-12(20-11)16-21(17,18)10-5-9(19-7-10)6-13-8-3-4-8/h5,7-8,13H,2-4,6H2,1H3,(H,15,16).